The second-order valence-electron chi connectivity index (χ2n) is 7.26. The number of ether oxygens (including phenoxy) is 2. The summed E-state index contributed by atoms with van der Waals surface area (Å²) in [6, 6.07) is 17.9. The average molecular weight is 480 g/mol. The molecule has 0 aliphatic heterocycles. The van der Waals surface area contributed by atoms with Crippen LogP contribution in [0.2, 0.25) is 0 Å². The van der Waals surface area contributed by atoms with Crippen LogP contribution in [0.25, 0.3) is 5.69 Å². The lowest BCUT2D eigenvalue weighted by Crippen LogP contribution is -2.27. The summed E-state index contributed by atoms with van der Waals surface area (Å²) in [5.74, 6) is 2.10. The lowest BCUT2D eigenvalue weighted by molar-refractivity contribution is 0.0932. The maximum atomic E-state index is 12.1. The second kappa shape index (κ2) is 11.5. The minimum absolute atomic E-state index is 0.230. The highest BCUT2D eigenvalue weighted by atomic mass is 32.2. The predicted octanol–water partition coefficient (Wildman–Crippen LogP) is 3.52. The highest BCUT2D eigenvalue weighted by Crippen LogP contribution is 2.27. The van der Waals surface area contributed by atoms with E-state index in [0.717, 1.165) is 22.8 Å². The zero-order valence-electron chi connectivity index (χ0n) is 18.9. The number of carbonyl (C=O) groups excluding carboxylic acids is 1. The molecule has 0 saturated carbocycles. The molecule has 0 saturated heterocycles. The molecule has 10 heteroatoms. The Hall–Kier alpha value is -3.63. The number of aromatic nitrogens is 4. The van der Waals surface area contributed by atoms with E-state index in [1.807, 2.05) is 47.0 Å². The van der Waals surface area contributed by atoms with E-state index in [1.54, 1.807) is 14.2 Å². The fourth-order valence-corrected chi connectivity index (χ4v) is 4.07. The van der Waals surface area contributed by atoms with Gasteiger partial charge in [0, 0.05) is 25.8 Å². The first-order valence-electron chi connectivity index (χ1n) is 10.6. The number of amides is 1. The summed E-state index contributed by atoms with van der Waals surface area (Å²) in [6.07, 6.45) is 1.98. The van der Waals surface area contributed by atoms with Crippen molar-refractivity contribution in [3.63, 3.8) is 0 Å². The second-order valence-corrected chi connectivity index (χ2v) is 8.20. The zero-order chi connectivity index (χ0) is 23.8. The Bertz CT molecular complexity index is 1210. The van der Waals surface area contributed by atoms with Gasteiger partial charge in [-0.3, -0.25) is 9.36 Å². The van der Waals surface area contributed by atoms with Crippen LogP contribution in [0, 0.1) is 0 Å². The first-order chi connectivity index (χ1) is 16.7. The van der Waals surface area contributed by atoms with E-state index in [1.165, 1.54) is 18.0 Å². The number of oxazole rings is 1. The van der Waals surface area contributed by atoms with Crippen LogP contribution in [0.1, 0.15) is 27.8 Å². The normalized spacial score (nSPS) is 10.9. The number of thioether (sulfide) groups is 1. The molecule has 34 heavy (non-hydrogen) atoms. The molecule has 0 radical (unpaired) electrons. The third-order valence-corrected chi connectivity index (χ3v) is 5.85. The number of nitrogens with zero attached hydrogens (tertiary/aromatic N) is 4. The minimum Gasteiger partial charge on any atom is -0.497 e. The van der Waals surface area contributed by atoms with Crippen LogP contribution in [0.3, 0.4) is 0 Å². The van der Waals surface area contributed by atoms with E-state index in [2.05, 4.69) is 32.6 Å². The van der Waals surface area contributed by atoms with E-state index >= 15 is 0 Å². The number of carbonyl (C=O) groups is 1. The van der Waals surface area contributed by atoms with E-state index in [4.69, 9.17) is 13.9 Å². The Labute approximate surface area is 201 Å². The molecule has 1 N–H and O–H groups in total. The van der Waals surface area contributed by atoms with Crippen molar-refractivity contribution < 1.29 is 18.7 Å². The van der Waals surface area contributed by atoms with Crippen LogP contribution >= 0.6 is 11.8 Å². The summed E-state index contributed by atoms with van der Waals surface area (Å²) >= 11 is 1.43. The van der Waals surface area contributed by atoms with Crippen molar-refractivity contribution >= 4 is 17.7 Å². The SMILES string of the molecule is COCCNC(=O)c1coc(CSc2nnc(Cc3ccccc3)n2-c2ccc(OC)cc2)n1. The van der Waals surface area contributed by atoms with Crippen molar-refractivity contribution in [3.05, 3.63) is 83.8 Å². The monoisotopic (exact) mass is 479 g/mol. The fraction of sp³-hybridized carbons (Fsp3) is 0.250. The van der Waals surface area contributed by atoms with E-state index in [9.17, 15) is 4.79 Å². The van der Waals surface area contributed by atoms with Crippen molar-refractivity contribution in [3.8, 4) is 11.4 Å². The van der Waals surface area contributed by atoms with Crippen LogP contribution in [-0.4, -0.2) is 53.0 Å². The van der Waals surface area contributed by atoms with Crippen molar-refractivity contribution in [2.24, 2.45) is 0 Å². The Morgan fingerprint density at radius 3 is 2.62 bits per heavy atom. The highest BCUT2D eigenvalue weighted by Gasteiger charge is 2.17. The largest absolute Gasteiger partial charge is 0.497 e. The molecule has 0 unspecified atom stereocenters. The molecule has 2 aromatic heterocycles. The van der Waals surface area contributed by atoms with Gasteiger partial charge in [-0.05, 0) is 29.8 Å². The van der Waals surface area contributed by atoms with Crippen LogP contribution < -0.4 is 10.1 Å². The first-order valence-corrected chi connectivity index (χ1v) is 11.6. The summed E-state index contributed by atoms with van der Waals surface area (Å²) < 4.78 is 17.7. The summed E-state index contributed by atoms with van der Waals surface area (Å²) in [6.45, 7) is 0.833. The number of benzene rings is 2. The predicted molar refractivity (Wildman–Crippen MR) is 127 cm³/mol. The molecule has 0 spiro atoms. The maximum absolute atomic E-state index is 12.1. The molecule has 0 aliphatic carbocycles. The van der Waals surface area contributed by atoms with Crippen molar-refractivity contribution in [2.45, 2.75) is 17.3 Å². The fourth-order valence-electron chi connectivity index (χ4n) is 3.24. The van der Waals surface area contributed by atoms with E-state index in [0.29, 0.717) is 36.4 Å². The highest BCUT2D eigenvalue weighted by molar-refractivity contribution is 7.98. The molecule has 2 heterocycles. The minimum atomic E-state index is -0.302. The average Bonchev–Trinajstić information content (AvgIpc) is 3.51. The van der Waals surface area contributed by atoms with Gasteiger partial charge >= 0.3 is 0 Å². The molecular weight excluding hydrogens is 454 g/mol. The van der Waals surface area contributed by atoms with Gasteiger partial charge in [-0.15, -0.1) is 10.2 Å². The molecule has 0 aliphatic rings. The number of methoxy groups -OCH3 is 2. The molecule has 0 fully saturated rings. The Morgan fingerprint density at radius 1 is 1.09 bits per heavy atom. The van der Waals surface area contributed by atoms with Gasteiger partial charge in [-0.1, -0.05) is 42.1 Å². The Kier molecular flexibility index (Phi) is 7.95. The molecule has 0 bridgehead atoms. The molecule has 4 aromatic rings. The van der Waals surface area contributed by atoms with Gasteiger partial charge in [0.1, 0.15) is 17.8 Å². The van der Waals surface area contributed by atoms with Gasteiger partial charge in [0.25, 0.3) is 5.91 Å². The van der Waals surface area contributed by atoms with E-state index in [-0.39, 0.29) is 11.6 Å². The van der Waals surface area contributed by atoms with Gasteiger partial charge in [-0.2, -0.15) is 0 Å². The quantitative estimate of drug-likeness (QED) is 0.257. The number of rotatable bonds is 11. The first kappa shape index (κ1) is 23.5. The van der Waals surface area contributed by atoms with Gasteiger partial charge in [0.15, 0.2) is 10.9 Å². The molecule has 9 nitrogen and oxygen atoms in total. The number of hydrogen-bond donors (Lipinski definition) is 1. The number of nitrogens with one attached hydrogen (secondary N) is 1. The van der Waals surface area contributed by atoms with Crippen molar-refractivity contribution in [1.82, 2.24) is 25.1 Å². The molecule has 4 rings (SSSR count). The summed E-state index contributed by atoms with van der Waals surface area (Å²) in [5, 5.41) is 12.3. The summed E-state index contributed by atoms with van der Waals surface area (Å²) in [5.41, 5.74) is 2.29. The topological polar surface area (TPSA) is 104 Å². The van der Waals surface area contributed by atoms with Crippen LogP contribution in [0.4, 0.5) is 0 Å². The van der Waals surface area contributed by atoms with Crippen molar-refractivity contribution in [1.29, 1.82) is 0 Å². The third kappa shape index (κ3) is 5.83. The molecule has 176 valence electrons. The smallest absolute Gasteiger partial charge is 0.273 e. The van der Waals surface area contributed by atoms with Crippen LogP contribution in [0.5, 0.6) is 5.75 Å². The van der Waals surface area contributed by atoms with Gasteiger partial charge in [0.05, 0.1) is 19.5 Å². The van der Waals surface area contributed by atoms with Crippen molar-refractivity contribution in [2.75, 3.05) is 27.4 Å². The van der Waals surface area contributed by atoms with Crippen LogP contribution in [0.15, 0.2) is 70.4 Å². The summed E-state index contributed by atoms with van der Waals surface area (Å²) in [7, 11) is 3.21. The number of hydrogen-bond acceptors (Lipinski definition) is 8. The van der Waals surface area contributed by atoms with Gasteiger partial charge in [-0.25, -0.2) is 4.98 Å². The Balaban J connectivity index is 1.53. The standard InChI is InChI=1S/C24H25N5O4S/c1-31-13-12-25-23(30)20-15-33-22(26-20)16-34-24-28-27-21(14-17-6-4-3-5-7-17)29(24)18-8-10-19(32-2)11-9-18/h3-11,15H,12-14,16H2,1-2H3,(H,25,30). The molecule has 0 atom stereocenters. The lowest BCUT2D eigenvalue weighted by atomic mass is 10.1. The zero-order valence-corrected chi connectivity index (χ0v) is 19.7. The summed E-state index contributed by atoms with van der Waals surface area (Å²) in [4.78, 5) is 16.4. The van der Waals surface area contributed by atoms with E-state index < -0.39 is 0 Å². The molecule has 1 amide bonds. The third-order valence-electron chi connectivity index (χ3n) is 4.94. The lowest BCUT2D eigenvalue weighted by Gasteiger charge is -2.11. The van der Waals surface area contributed by atoms with Gasteiger partial charge < -0.3 is 19.2 Å². The van der Waals surface area contributed by atoms with Crippen LogP contribution in [-0.2, 0) is 16.9 Å². The molecule has 2 aromatic carbocycles. The van der Waals surface area contributed by atoms with Gasteiger partial charge in [0.2, 0.25) is 5.89 Å². The Morgan fingerprint density at radius 2 is 1.88 bits per heavy atom. The maximum Gasteiger partial charge on any atom is 0.273 e. The molecular formula is C24H25N5O4S.